The number of hydrogen-bond acceptors (Lipinski definition) is 5. The molecule has 3 heterocycles. The molecule has 3 rings (SSSR count). The molecule has 0 spiro atoms. The van der Waals surface area contributed by atoms with E-state index in [4.69, 9.17) is 4.74 Å². The highest BCUT2D eigenvalue weighted by atomic mass is 19.4. The quantitative estimate of drug-likeness (QED) is 0.643. The van der Waals surface area contributed by atoms with Crippen LogP contribution in [-0.2, 0) is 4.79 Å². The van der Waals surface area contributed by atoms with Crippen LogP contribution in [0.5, 0.6) is 5.88 Å². The Balaban J connectivity index is 1.85. The summed E-state index contributed by atoms with van der Waals surface area (Å²) in [6.07, 6.45) is 0.381. The van der Waals surface area contributed by atoms with Crippen molar-refractivity contribution in [1.29, 1.82) is 0 Å². The maximum Gasteiger partial charge on any atom is 0.422 e. The normalized spacial score (nSPS) is 12.9. The summed E-state index contributed by atoms with van der Waals surface area (Å²) >= 11 is 0. The standard InChI is InChI=1S/C20H22F3N5O2/c1-11(2)18(29)26-17-15-9-28(27-16(15)5-6-24-17)13(4)14-7-12(3)19(25-8-14)30-10-20(21,22)23/h5-9,11,13H,10H2,1-4H3,(H,24,26,29). The van der Waals surface area contributed by atoms with Gasteiger partial charge in [0.1, 0.15) is 5.82 Å². The Kier molecular flexibility index (Phi) is 5.95. The minimum atomic E-state index is -4.42. The second kappa shape index (κ2) is 8.29. The van der Waals surface area contributed by atoms with Gasteiger partial charge < -0.3 is 10.1 Å². The first kappa shape index (κ1) is 21.5. The lowest BCUT2D eigenvalue weighted by Crippen LogP contribution is -2.20. The largest absolute Gasteiger partial charge is 0.468 e. The minimum Gasteiger partial charge on any atom is -0.468 e. The molecule has 0 fully saturated rings. The van der Waals surface area contributed by atoms with Crippen LogP contribution in [0.1, 0.15) is 37.9 Å². The SMILES string of the molecule is Cc1cc(C(C)n2cc3c(NC(=O)C(C)C)nccc3n2)cnc1OCC(F)(F)F. The van der Waals surface area contributed by atoms with Crippen LogP contribution in [0.15, 0.2) is 30.7 Å². The average molecular weight is 421 g/mol. The lowest BCUT2D eigenvalue weighted by atomic mass is 10.1. The van der Waals surface area contributed by atoms with Gasteiger partial charge in [0.15, 0.2) is 6.61 Å². The molecule has 30 heavy (non-hydrogen) atoms. The number of halogens is 3. The molecular formula is C20H22F3N5O2. The highest BCUT2D eigenvalue weighted by molar-refractivity contribution is 5.99. The van der Waals surface area contributed by atoms with Gasteiger partial charge >= 0.3 is 6.18 Å². The van der Waals surface area contributed by atoms with Gasteiger partial charge in [-0.25, -0.2) is 9.97 Å². The average Bonchev–Trinajstić information content (AvgIpc) is 3.11. The number of pyridine rings is 2. The van der Waals surface area contributed by atoms with E-state index in [2.05, 4.69) is 20.4 Å². The summed E-state index contributed by atoms with van der Waals surface area (Å²) in [5, 5.41) is 8.02. The summed E-state index contributed by atoms with van der Waals surface area (Å²) < 4.78 is 43.5. The lowest BCUT2D eigenvalue weighted by Gasteiger charge is -2.15. The maximum absolute atomic E-state index is 12.4. The molecule has 1 amide bonds. The van der Waals surface area contributed by atoms with Crippen molar-refractivity contribution in [3.63, 3.8) is 0 Å². The molecule has 0 saturated heterocycles. The van der Waals surface area contributed by atoms with E-state index in [1.54, 1.807) is 50.0 Å². The third-order valence-electron chi connectivity index (χ3n) is 4.52. The van der Waals surface area contributed by atoms with Crippen molar-refractivity contribution in [3.8, 4) is 5.88 Å². The number of rotatable bonds is 6. The molecule has 0 aromatic carbocycles. The van der Waals surface area contributed by atoms with Crippen LogP contribution in [0.4, 0.5) is 19.0 Å². The van der Waals surface area contributed by atoms with Crippen molar-refractivity contribution in [3.05, 3.63) is 41.9 Å². The number of amides is 1. The summed E-state index contributed by atoms with van der Waals surface area (Å²) in [7, 11) is 0. The molecule has 0 aliphatic rings. The van der Waals surface area contributed by atoms with Crippen molar-refractivity contribution in [2.75, 3.05) is 11.9 Å². The number of carbonyl (C=O) groups is 1. The number of aromatic nitrogens is 4. The van der Waals surface area contributed by atoms with Gasteiger partial charge in [0.2, 0.25) is 11.8 Å². The summed E-state index contributed by atoms with van der Waals surface area (Å²) in [6.45, 7) is 5.71. The number of anilines is 1. The second-order valence-electron chi connectivity index (χ2n) is 7.32. The summed E-state index contributed by atoms with van der Waals surface area (Å²) in [6, 6.07) is 3.20. The zero-order valence-corrected chi connectivity index (χ0v) is 17.0. The van der Waals surface area contributed by atoms with E-state index in [9.17, 15) is 18.0 Å². The number of hydrogen-bond donors (Lipinski definition) is 1. The highest BCUT2D eigenvalue weighted by Crippen LogP contribution is 2.27. The van der Waals surface area contributed by atoms with Crippen LogP contribution < -0.4 is 10.1 Å². The van der Waals surface area contributed by atoms with Crippen molar-refractivity contribution in [1.82, 2.24) is 19.7 Å². The van der Waals surface area contributed by atoms with Gasteiger partial charge in [-0.1, -0.05) is 13.8 Å². The molecule has 0 aliphatic heterocycles. The van der Waals surface area contributed by atoms with Crippen molar-refractivity contribution < 1.29 is 22.7 Å². The van der Waals surface area contributed by atoms with Crippen molar-refractivity contribution in [2.24, 2.45) is 5.92 Å². The van der Waals surface area contributed by atoms with Gasteiger partial charge in [0, 0.05) is 30.1 Å². The van der Waals surface area contributed by atoms with E-state index >= 15 is 0 Å². The number of alkyl halides is 3. The molecule has 0 radical (unpaired) electrons. The van der Waals surface area contributed by atoms with Gasteiger partial charge in [-0.3, -0.25) is 9.48 Å². The van der Waals surface area contributed by atoms with Gasteiger partial charge in [-0.15, -0.1) is 0 Å². The van der Waals surface area contributed by atoms with Crippen LogP contribution in [-0.4, -0.2) is 38.4 Å². The Morgan fingerprint density at radius 2 is 2.00 bits per heavy atom. The molecular weight excluding hydrogens is 399 g/mol. The number of nitrogens with zero attached hydrogens (tertiary/aromatic N) is 4. The first-order valence-corrected chi connectivity index (χ1v) is 9.36. The van der Waals surface area contributed by atoms with E-state index in [1.165, 1.54) is 6.20 Å². The van der Waals surface area contributed by atoms with E-state index in [-0.39, 0.29) is 23.7 Å². The Labute approximate surface area is 171 Å². The predicted octanol–water partition coefficient (Wildman–Crippen LogP) is 4.28. The molecule has 3 aromatic heterocycles. The number of carbonyl (C=O) groups excluding carboxylic acids is 1. The Bertz CT molecular complexity index is 1060. The molecule has 7 nitrogen and oxygen atoms in total. The van der Waals surface area contributed by atoms with Crippen LogP contribution in [0.3, 0.4) is 0 Å². The van der Waals surface area contributed by atoms with Gasteiger partial charge in [0.05, 0.1) is 16.9 Å². The van der Waals surface area contributed by atoms with Crippen LogP contribution in [0.25, 0.3) is 10.9 Å². The minimum absolute atomic E-state index is 0.0585. The fraction of sp³-hybridized carbons (Fsp3) is 0.400. The maximum atomic E-state index is 12.4. The third-order valence-corrected chi connectivity index (χ3v) is 4.52. The van der Waals surface area contributed by atoms with Gasteiger partial charge in [-0.05, 0) is 31.5 Å². The molecule has 1 unspecified atom stereocenters. The topological polar surface area (TPSA) is 81.9 Å². The smallest absolute Gasteiger partial charge is 0.422 e. The first-order valence-electron chi connectivity index (χ1n) is 9.36. The highest BCUT2D eigenvalue weighted by Gasteiger charge is 2.29. The number of ether oxygens (including phenoxy) is 1. The summed E-state index contributed by atoms with van der Waals surface area (Å²) in [5.41, 5.74) is 1.90. The van der Waals surface area contributed by atoms with Gasteiger partial charge in [-0.2, -0.15) is 18.3 Å². The monoisotopic (exact) mass is 421 g/mol. The lowest BCUT2D eigenvalue weighted by molar-refractivity contribution is -0.154. The van der Waals surface area contributed by atoms with Crippen LogP contribution in [0.2, 0.25) is 0 Å². The zero-order chi connectivity index (χ0) is 22.1. The number of fused-ring (bicyclic) bond motifs is 1. The fourth-order valence-corrected chi connectivity index (χ4v) is 2.79. The molecule has 1 N–H and O–H groups in total. The number of aryl methyl sites for hydroxylation is 1. The van der Waals surface area contributed by atoms with Crippen molar-refractivity contribution in [2.45, 2.75) is 39.9 Å². The molecule has 3 aromatic rings. The molecule has 1 atom stereocenters. The van der Waals surface area contributed by atoms with Crippen LogP contribution in [0, 0.1) is 12.8 Å². The molecule has 0 aliphatic carbocycles. The zero-order valence-electron chi connectivity index (χ0n) is 17.0. The molecule has 0 saturated carbocycles. The van der Waals surface area contributed by atoms with E-state index in [0.29, 0.717) is 22.3 Å². The second-order valence-corrected chi connectivity index (χ2v) is 7.32. The molecule has 0 bridgehead atoms. The summed E-state index contributed by atoms with van der Waals surface area (Å²) in [5.74, 6) is 0.0276. The van der Waals surface area contributed by atoms with Crippen molar-refractivity contribution >= 4 is 22.6 Å². The van der Waals surface area contributed by atoms with E-state index < -0.39 is 12.8 Å². The Morgan fingerprint density at radius 3 is 2.63 bits per heavy atom. The Morgan fingerprint density at radius 1 is 1.27 bits per heavy atom. The third kappa shape index (κ3) is 4.87. The molecule has 10 heteroatoms. The van der Waals surface area contributed by atoms with Gasteiger partial charge in [0.25, 0.3) is 0 Å². The molecule has 160 valence electrons. The Hall–Kier alpha value is -3.17. The summed E-state index contributed by atoms with van der Waals surface area (Å²) in [4.78, 5) is 20.3. The fourth-order valence-electron chi connectivity index (χ4n) is 2.79. The number of nitrogens with one attached hydrogen (secondary N) is 1. The predicted molar refractivity (Wildman–Crippen MR) is 105 cm³/mol. The van der Waals surface area contributed by atoms with E-state index in [1.807, 2.05) is 6.92 Å². The van der Waals surface area contributed by atoms with Crippen LogP contribution >= 0.6 is 0 Å². The van der Waals surface area contributed by atoms with E-state index in [0.717, 1.165) is 5.56 Å². The first-order chi connectivity index (χ1) is 14.0.